The zero-order valence-corrected chi connectivity index (χ0v) is 17.5. The summed E-state index contributed by atoms with van der Waals surface area (Å²) in [5, 5.41) is 5.70. The highest BCUT2D eigenvalue weighted by molar-refractivity contribution is 5.99. The first kappa shape index (κ1) is 21.5. The lowest BCUT2D eigenvalue weighted by Crippen LogP contribution is -2.52. The second kappa shape index (κ2) is 10.0. The van der Waals surface area contributed by atoms with Crippen molar-refractivity contribution in [1.82, 2.24) is 10.6 Å². The van der Waals surface area contributed by atoms with E-state index in [2.05, 4.69) is 10.6 Å². The number of nitrogens with one attached hydrogen (secondary N) is 2. The molecule has 30 heavy (non-hydrogen) atoms. The average Bonchev–Trinajstić information content (AvgIpc) is 2.76. The van der Waals surface area contributed by atoms with Gasteiger partial charge in [-0.25, -0.2) is 0 Å². The number of rotatable bonds is 8. The molecule has 0 fully saturated rings. The summed E-state index contributed by atoms with van der Waals surface area (Å²) in [6, 6.07) is 13.7. The van der Waals surface area contributed by atoms with Crippen LogP contribution in [0.3, 0.4) is 0 Å². The Morgan fingerprint density at radius 3 is 2.53 bits per heavy atom. The van der Waals surface area contributed by atoms with Gasteiger partial charge in [0.1, 0.15) is 24.5 Å². The van der Waals surface area contributed by atoms with Crippen LogP contribution in [0.2, 0.25) is 0 Å². The van der Waals surface area contributed by atoms with Gasteiger partial charge in [-0.2, -0.15) is 0 Å². The Hall–Kier alpha value is -3.22. The molecule has 0 unspecified atom stereocenters. The van der Waals surface area contributed by atoms with Crippen molar-refractivity contribution < 1.29 is 23.8 Å². The van der Waals surface area contributed by atoms with E-state index < -0.39 is 6.04 Å². The lowest BCUT2D eigenvalue weighted by molar-refractivity contribution is -0.124. The number of carbonyl (C=O) groups is 2. The first-order valence-electron chi connectivity index (χ1n) is 10.2. The summed E-state index contributed by atoms with van der Waals surface area (Å²) < 4.78 is 17.1. The molecule has 3 rings (SSSR count). The second-order valence-corrected chi connectivity index (χ2v) is 7.37. The van der Waals surface area contributed by atoms with Gasteiger partial charge in [-0.3, -0.25) is 9.59 Å². The normalized spacial score (nSPS) is 15.9. The highest BCUT2D eigenvalue weighted by atomic mass is 16.6. The van der Waals surface area contributed by atoms with Crippen LogP contribution in [0.25, 0.3) is 0 Å². The van der Waals surface area contributed by atoms with Crippen LogP contribution >= 0.6 is 0 Å². The molecule has 0 spiro atoms. The van der Waals surface area contributed by atoms with E-state index in [4.69, 9.17) is 14.2 Å². The van der Waals surface area contributed by atoms with Crippen molar-refractivity contribution in [3.05, 3.63) is 54.1 Å². The largest absolute Gasteiger partial charge is 0.493 e. The molecule has 0 bridgehead atoms. The molecule has 7 heteroatoms. The van der Waals surface area contributed by atoms with E-state index in [-0.39, 0.29) is 30.4 Å². The van der Waals surface area contributed by atoms with E-state index >= 15 is 0 Å². The van der Waals surface area contributed by atoms with Gasteiger partial charge in [0.15, 0.2) is 11.5 Å². The molecule has 2 amide bonds. The third-order valence-electron chi connectivity index (χ3n) is 4.74. The number of benzene rings is 2. The fraction of sp³-hybridized carbons (Fsp3) is 0.391. The Bertz CT molecular complexity index is 883. The van der Waals surface area contributed by atoms with Crippen LogP contribution < -0.4 is 24.8 Å². The summed E-state index contributed by atoms with van der Waals surface area (Å²) in [4.78, 5) is 25.6. The first-order valence-corrected chi connectivity index (χ1v) is 10.2. The van der Waals surface area contributed by atoms with Gasteiger partial charge in [0.25, 0.3) is 5.91 Å². The van der Waals surface area contributed by atoms with Gasteiger partial charge in [-0.1, -0.05) is 38.1 Å². The summed E-state index contributed by atoms with van der Waals surface area (Å²) in [5.74, 6) is 1.13. The van der Waals surface area contributed by atoms with Crippen LogP contribution in [-0.4, -0.2) is 43.7 Å². The van der Waals surface area contributed by atoms with Gasteiger partial charge in [-0.05, 0) is 37.1 Å². The van der Waals surface area contributed by atoms with Crippen molar-refractivity contribution in [3.8, 4) is 17.2 Å². The number of hydrogen-bond acceptors (Lipinski definition) is 5. The monoisotopic (exact) mass is 412 g/mol. The molecule has 0 aliphatic carbocycles. The minimum absolute atomic E-state index is 0.0996. The summed E-state index contributed by atoms with van der Waals surface area (Å²) >= 11 is 0. The van der Waals surface area contributed by atoms with Crippen LogP contribution in [0.1, 0.15) is 31.1 Å². The quantitative estimate of drug-likeness (QED) is 0.696. The van der Waals surface area contributed by atoms with Gasteiger partial charge < -0.3 is 24.8 Å². The number of amides is 2. The van der Waals surface area contributed by atoms with E-state index in [0.29, 0.717) is 36.0 Å². The minimum Gasteiger partial charge on any atom is -0.493 e. The van der Waals surface area contributed by atoms with E-state index in [0.717, 1.165) is 0 Å². The van der Waals surface area contributed by atoms with Gasteiger partial charge >= 0.3 is 0 Å². The molecule has 2 atom stereocenters. The summed E-state index contributed by atoms with van der Waals surface area (Å²) in [6.07, 6.45) is -0.300. The third-order valence-corrected chi connectivity index (χ3v) is 4.74. The van der Waals surface area contributed by atoms with Crippen molar-refractivity contribution >= 4 is 11.8 Å². The van der Waals surface area contributed by atoms with Crippen molar-refractivity contribution in [1.29, 1.82) is 0 Å². The van der Waals surface area contributed by atoms with Crippen LogP contribution in [0.15, 0.2) is 48.5 Å². The lowest BCUT2D eigenvalue weighted by Gasteiger charge is -2.28. The van der Waals surface area contributed by atoms with E-state index in [9.17, 15) is 9.59 Å². The number of hydrogen-bond donors (Lipinski definition) is 2. The van der Waals surface area contributed by atoms with Crippen molar-refractivity contribution in [2.24, 2.45) is 5.92 Å². The van der Waals surface area contributed by atoms with Crippen molar-refractivity contribution in [2.75, 3.05) is 19.8 Å². The molecule has 0 saturated heterocycles. The van der Waals surface area contributed by atoms with Crippen molar-refractivity contribution in [2.45, 2.75) is 32.9 Å². The molecular formula is C23H28N2O5. The van der Waals surface area contributed by atoms with Crippen LogP contribution in [0.5, 0.6) is 17.2 Å². The molecule has 1 aliphatic rings. The van der Waals surface area contributed by atoms with E-state index in [1.54, 1.807) is 24.3 Å². The predicted molar refractivity (Wildman–Crippen MR) is 113 cm³/mol. The fourth-order valence-corrected chi connectivity index (χ4v) is 3.18. The Balaban J connectivity index is 1.60. The van der Waals surface area contributed by atoms with Gasteiger partial charge in [0.2, 0.25) is 5.91 Å². The molecular weight excluding hydrogens is 384 g/mol. The maximum atomic E-state index is 12.8. The maximum absolute atomic E-state index is 12.8. The van der Waals surface area contributed by atoms with E-state index in [1.165, 1.54) is 0 Å². The van der Waals surface area contributed by atoms with E-state index in [1.807, 2.05) is 45.0 Å². The summed E-state index contributed by atoms with van der Waals surface area (Å²) in [5.41, 5.74) is 0.401. The smallest absolute Gasteiger partial charge is 0.255 e. The van der Waals surface area contributed by atoms with Gasteiger partial charge in [-0.15, -0.1) is 0 Å². The van der Waals surface area contributed by atoms with Crippen LogP contribution in [0.4, 0.5) is 0 Å². The Labute approximate surface area is 176 Å². The molecule has 160 valence electrons. The Morgan fingerprint density at radius 2 is 1.80 bits per heavy atom. The highest BCUT2D eigenvalue weighted by Gasteiger charge is 2.27. The summed E-state index contributed by atoms with van der Waals surface area (Å²) in [7, 11) is 0. The molecule has 7 nitrogen and oxygen atoms in total. The molecule has 1 heterocycles. The van der Waals surface area contributed by atoms with Gasteiger partial charge in [0, 0.05) is 0 Å². The highest BCUT2D eigenvalue weighted by Crippen LogP contribution is 2.30. The second-order valence-electron chi connectivity index (χ2n) is 7.37. The van der Waals surface area contributed by atoms with Crippen LogP contribution in [-0.2, 0) is 4.79 Å². The standard InChI is InChI=1S/C23H28N2O5/c1-4-28-18-10-6-5-9-17(18)22(26)25-21(15(2)3)23(27)24-13-16-14-29-19-11-7-8-12-20(19)30-16/h5-12,15-16,21H,4,13-14H2,1-3H3,(H,24,27)(H,25,26)/t16-,21-/m0/s1. The molecule has 0 radical (unpaired) electrons. The number of carbonyl (C=O) groups excluding carboxylic acids is 2. The fourth-order valence-electron chi connectivity index (χ4n) is 3.18. The lowest BCUT2D eigenvalue weighted by atomic mass is 10.0. The zero-order valence-electron chi connectivity index (χ0n) is 17.5. The SMILES string of the molecule is CCOc1ccccc1C(=O)N[C@H](C(=O)NC[C@H]1COc2ccccc2O1)C(C)C. The molecule has 1 aliphatic heterocycles. The Morgan fingerprint density at radius 1 is 1.10 bits per heavy atom. The third kappa shape index (κ3) is 5.23. The van der Waals surface area contributed by atoms with Crippen LogP contribution in [0, 0.1) is 5.92 Å². The topological polar surface area (TPSA) is 85.9 Å². The minimum atomic E-state index is -0.691. The molecule has 0 aromatic heterocycles. The zero-order chi connectivity index (χ0) is 21.5. The number of fused-ring (bicyclic) bond motifs is 1. The maximum Gasteiger partial charge on any atom is 0.255 e. The number of para-hydroxylation sites is 3. The first-order chi connectivity index (χ1) is 14.5. The predicted octanol–water partition coefficient (Wildman–Crippen LogP) is 2.80. The molecule has 0 saturated carbocycles. The molecule has 2 aromatic carbocycles. The summed E-state index contributed by atoms with van der Waals surface area (Å²) in [6.45, 7) is 6.70. The van der Waals surface area contributed by atoms with Crippen molar-refractivity contribution in [3.63, 3.8) is 0 Å². The number of ether oxygens (including phenoxy) is 3. The molecule has 2 N–H and O–H groups in total. The van der Waals surface area contributed by atoms with Gasteiger partial charge in [0.05, 0.1) is 18.7 Å². The molecule has 2 aromatic rings. The Kier molecular flexibility index (Phi) is 7.17. The average molecular weight is 412 g/mol.